The number of esters is 1. The highest BCUT2D eigenvalue weighted by atomic mass is 16.5. The highest BCUT2D eigenvalue weighted by Crippen LogP contribution is 2.19. The van der Waals surface area contributed by atoms with Gasteiger partial charge in [0.1, 0.15) is 0 Å². The molecule has 0 aromatic heterocycles. The van der Waals surface area contributed by atoms with Crippen LogP contribution >= 0.6 is 0 Å². The minimum atomic E-state index is -0.665. The predicted molar refractivity (Wildman–Crippen MR) is 356 cm³/mol. The summed E-state index contributed by atoms with van der Waals surface area (Å²) < 4.78 is 5.49. The summed E-state index contributed by atoms with van der Waals surface area (Å²) in [5.41, 5.74) is 0. The van der Waals surface area contributed by atoms with E-state index in [0.717, 1.165) is 44.9 Å². The van der Waals surface area contributed by atoms with Gasteiger partial charge >= 0.3 is 5.97 Å². The zero-order valence-electron chi connectivity index (χ0n) is 55.0. The van der Waals surface area contributed by atoms with Gasteiger partial charge in [-0.05, 0) is 77.0 Å². The van der Waals surface area contributed by atoms with Crippen LogP contribution in [0.15, 0.2) is 24.3 Å². The number of unbranched alkanes of at least 4 members (excludes halogenated alkanes) is 55. The second kappa shape index (κ2) is 70.8. The fourth-order valence-corrected chi connectivity index (χ4v) is 11.8. The van der Waals surface area contributed by atoms with Gasteiger partial charge in [-0.15, -0.1) is 0 Å². The van der Waals surface area contributed by atoms with Crippen LogP contribution < -0.4 is 5.32 Å². The minimum absolute atomic E-state index is 0.00878. The van der Waals surface area contributed by atoms with Gasteiger partial charge in [-0.1, -0.05) is 353 Å². The van der Waals surface area contributed by atoms with E-state index in [0.29, 0.717) is 25.9 Å². The van der Waals surface area contributed by atoms with Crippen molar-refractivity contribution >= 4 is 11.9 Å². The summed E-state index contributed by atoms with van der Waals surface area (Å²) in [5, 5.41) is 23.4. The molecule has 3 N–H and O–H groups in total. The second-order valence-electron chi connectivity index (χ2n) is 25.6. The van der Waals surface area contributed by atoms with Crippen molar-refractivity contribution in [2.45, 2.75) is 431 Å². The fourth-order valence-electron chi connectivity index (χ4n) is 11.8. The molecule has 1 amide bonds. The minimum Gasteiger partial charge on any atom is -0.466 e. The van der Waals surface area contributed by atoms with Crippen LogP contribution in [0.4, 0.5) is 0 Å². The standard InChI is InChI=1S/C75H145NO5/c1-3-5-7-9-11-13-15-17-19-20-21-31-34-37-40-43-47-51-55-59-63-67-73(78)72(71-77)76-74(79)68-64-60-56-52-48-44-41-38-35-32-29-27-25-23-22-24-26-28-30-33-36-39-42-46-50-54-58-62-66-70-81-75(80)69-65-61-57-53-49-45-18-16-14-12-10-8-6-4-2/h16,18,22,24,72-73,77-78H,3-15,17,19-21,23,25-71H2,1-2H3,(H,76,79)/b18-16-,24-22-. The number of allylic oxidation sites excluding steroid dienone is 4. The molecule has 2 atom stereocenters. The van der Waals surface area contributed by atoms with Gasteiger partial charge in [-0.3, -0.25) is 9.59 Å². The summed E-state index contributed by atoms with van der Waals surface area (Å²) in [5.74, 6) is -0.0206. The van der Waals surface area contributed by atoms with E-state index < -0.39 is 12.1 Å². The number of carbonyl (C=O) groups is 2. The highest BCUT2D eigenvalue weighted by Gasteiger charge is 2.20. The largest absolute Gasteiger partial charge is 0.466 e. The number of hydrogen-bond donors (Lipinski definition) is 3. The first-order chi connectivity index (χ1) is 40.0. The van der Waals surface area contributed by atoms with Crippen molar-refractivity contribution in [3.05, 3.63) is 24.3 Å². The van der Waals surface area contributed by atoms with Gasteiger partial charge in [-0.25, -0.2) is 0 Å². The lowest BCUT2D eigenvalue weighted by Gasteiger charge is -2.22. The molecular weight excluding hydrogens is 995 g/mol. The molecule has 480 valence electrons. The fraction of sp³-hybridized carbons (Fsp3) is 0.920. The summed E-state index contributed by atoms with van der Waals surface area (Å²) in [6.45, 7) is 4.98. The Morgan fingerprint density at radius 1 is 0.333 bits per heavy atom. The molecule has 0 heterocycles. The Hall–Kier alpha value is -1.66. The number of nitrogens with one attached hydrogen (secondary N) is 1. The number of amides is 1. The zero-order valence-corrected chi connectivity index (χ0v) is 55.0. The third kappa shape index (κ3) is 67.3. The number of hydrogen-bond acceptors (Lipinski definition) is 5. The molecule has 0 aromatic rings. The first-order valence-corrected chi connectivity index (χ1v) is 37.1. The molecule has 0 bridgehead atoms. The monoisotopic (exact) mass is 1140 g/mol. The molecular formula is C75H145NO5. The Balaban J connectivity index is 3.37. The van der Waals surface area contributed by atoms with Crippen molar-refractivity contribution in [2.24, 2.45) is 0 Å². The summed E-state index contributed by atoms with van der Waals surface area (Å²) in [4.78, 5) is 24.6. The first-order valence-electron chi connectivity index (χ1n) is 37.1. The molecule has 0 spiro atoms. The third-order valence-electron chi connectivity index (χ3n) is 17.5. The van der Waals surface area contributed by atoms with E-state index >= 15 is 0 Å². The average Bonchev–Trinajstić information content (AvgIpc) is 3.47. The van der Waals surface area contributed by atoms with Gasteiger partial charge in [0.05, 0.1) is 25.4 Å². The first kappa shape index (κ1) is 79.3. The van der Waals surface area contributed by atoms with Crippen LogP contribution in [0.25, 0.3) is 0 Å². The molecule has 0 rings (SSSR count). The Morgan fingerprint density at radius 3 is 0.877 bits per heavy atom. The molecule has 0 saturated heterocycles. The van der Waals surface area contributed by atoms with Crippen molar-refractivity contribution in [1.82, 2.24) is 5.32 Å². The molecule has 0 aromatic carbocycles. The van der Waals surface area contributed by atoms with Crippen LogP contribution in [0.3, 0.4) is 0 Å². The molecule has 0 fully saturated rings. The number of rotatable bonds is 70. The SMILES string of the molecule is CCCCCCC/C=C\CCCCCCCC(=O)OCCCCCCCCCCCCCC/C=C\CCCCCCCCCCCCCCCC(=O)NC(CO)C(O)CCCCCCCCCCCCCCCCCCCCCCC. The van der Waals surface area contributed by atoms with E-state index in [2.05, 4.69) is 43.5 Å². The van der Waals surface area contributed by atoms with E-state index in [9.17, 15) is 19.8 Å². The normalized spacial score (nSPS) is 12.6. The third-order valence-corrected chi connectivity index (χ3v) is 17.5. The van der Waals surface area contributed by atoms with Crippen LogP contribution in [0, 0.1) is 0 Å². The molecule has 0 aliphatic heterocycles. The van der Waals surface area contributed by atoms with Crippen molar-refractivity contribution in [3.63, 3.8) is 0 Å². The number of carbonyl (C=O) groups excluding carboxylic acids is 2. The van der Waals surface area contributed by atoms with Gasteiger partial charge < -0.3 is 20.3 Å². The lowest BCUT2D eigenvalue weighted by atomic mass is 10.0. The molecule has 2 unspecified atom stereocenters. The molecule has 0 aliphatic rings. The van der Waals surface area contributed by atoms with E-state index in [4.69, 9.17) is 4.74 Å². The van der Waals surface area contributed by atoms with Crippen molar-refractivity contribution in [3.8, 4) is 0 Å². The van der Waals surface area contributed by atoms with E-state index in [1.807, 2.05) is 0 Å². The lowest BCUT2D eigenvalue weighted by Crippen LogP contribution is -2.45. The van der Waals surface area contributed by atoms with E-state index in [-0.39, 0.29) is 18.5 Å². The molecule has 0 radical (unpaired) electrons. The van der Waals surface area contributed by atoms with Crippen molar-refractivity contribution < 1.29 is 24.5 Å². The van der Waals surface area contributed by atoms with Gasteiger partial charge in [-0.2, -0.15) is 0 Å². The Kier molecular flexibility index (Phi) is 69.4. The number of aliphatic hydroxyl groups is 2. The lowest BCUT2D eigenvalue weighted by molar-refractivity contribution is -0.143. The zero-order chi connectivity index (χ0) is 58.5. The highest BCUT2D eigenvalue weighted by molar-refractivity contribution is 5.76. The smallest absolute Gasteiger partial charge is 0.305 e. The van der Waals surface area contributed by atoms with Crippen LogP contribution in [-0.2, 0) is 14.3 Å². The topological polar surface area (TPSA) is 95.9 Å². The van der Waals surface area contributed by atoms with Crippen molar-refractivity contribution in [2.75, 3.05) is 13.2 Å². The summed E-state index contributed by atoms with van der Waals surface area (Å²) in [6, 6.07) is -0.542. The Morgan fingerprint density at radius 2 is 0.580 bits per heavy atom. The summed E-state index contributed by atoms with van der Waals surface area (Å²) in [7, 11) is 0. The van der Waals surface area contributed by atoms with Gasteiger partial charge in [0.2, 0.25) is 5.91 Å². The van der Waals surface area contributed by atoms with Crippen LogP contribution in [0.1, 0.15) is 418 Å². The molecule has 0 saturated carbocycles. The second-order valence-corrected chi connectivity index (χ2v) is 25.6. The van der Waals surface area contributed by atoms with Gasteiger partial charge in [0.15, 0.2) is 0 Å². The van der Waals surface area contributed by atoms with Crippen LogP contribution in [-0.4, -0.2) is 47.4 Å². The van der Waals surface area contributed by atoms with Crippen molar-refractivity contribution in [1.29, 1.82) is 0 Å². The molecule has 81 heavy (non-hydrogen) atoms. The molecule has 0 aliphatic carbocycles. The van der Waals surface area contributed by atoms with Crippen LogP contribution in [0.2, 0.25) is 0 Å². The summed E-state index contributed by atoms with van der Waals surface area (Å²) >= 11 is 0. The maximum atomic E-state index is 12.6. The summed E-state index contributed by atoms with van der Waals surface area (Å²) in [6.07, 6.45) is 89.5. The maximum Gasteiger partial charge on any atom is 0.305 e. The Bertz CT molecular complexity index is 1270. The average molecular weight is 1140 g/mol. The maximum absolute atomic E-state index is 12.6. The van der Waals surface area contributed by atoms with Gasteiger partial charge in [0, 0.05) is 12.8 Å². The van der Waals surface area contributed by atoms with E-state index in [1.54, 1.807) is 0 Å². The van der Waals surface area contributed by atoms with Gasteiger partial charge in [0.25, 0.3) is 0 Å². The van der Waals surface area contributed by atoms with E-state index in [1.165, 1.54) is 340 Å². The number of aliphatic hydroxyl groups excluding tert-OH is 2. The molecule has 6 heteroatoms. The van der Waals surface area contributed by atoms with Crippen LogP contribution in [0.5, 0.6) is 0 Å². The quantitative estimate of drug-likeness (QED) is 0.0320. The predicted octanol–water partition coefficient (Wildman–Crippen LogP) is 24.1. The Labute approximate surface area is 507 Å². The number of ether oxygens (including phenoxy) is 1. The molecule has 6 nitrogen and oxygen atoms in total.